The second kappa shape index (κ2) is 12.9. The van der Waals surface area contributed by atoms with Crippen molar-refractivity contribution in [3.63, 3.8) is 0 Å². The smallest absolute Gasteiger partial charge is 0.290 e. The van der Waals surface area contributed by atoms with Gasteiger partial charge >= 0.3 is 0 Å². The van der Waals surface area contributed by atoms with Crippen molar-refractivity contribution in [3.8, 4) is 5.75 Å². The number of benzene rings is 1. The highest BCUT2D eigenvalue weighted by Gasteiger charge is 2.39. The van der Waals surface area contributed by atoms with Crippen molar-refractivity contribution >= 4 is 29.8 Å². The van der Waals surface area contributed by atoms with E-state index in [1.54, 1.807) is 17.8 Å². The number of hydrogen-bond donors (Lipinski definition) is 1. The van der Waals surface area contributed by atoms with Crippen LogP contribution in [0.1, 0.15) is 85.0 Å². The summed E-state index contributed by atoms with van der Waals surface area (Å²) in [4.78, 5) is 9.03. The predicted molar refractivity (Wildman–Crippen MR) is 128 cm³/mol. The molecule has 2 bridgehead atoms. The van der Waals surface area contributed by atoms with Crippen molar-refractivity contribution in [1.82, 2.24) is 0 Å². The molecule has 1 unspecified atom stereocenters. The maximum Gasteiger partial charge on any atom is 0.290 e. The SMILES string of the molecule is CC.CC1(COc2cc(F)c(SC3CCCC3)cc2Cl)C[C@@H]2CCC[C@@H](C2)C1.O=CO. The Morgan fingerprint density at radius 3 is 2.32 bits per heavy atom. The third-order valence-electron chi connectivity index (χ3n) is 6.61. The zero-order chi connectivity index (χ0) is 22.9. The van der Waals surface area contributed by atoms with E-state index in [-0.39, 0.29) is 17.7 Å². The van der Waals surface area contributed by atoms with E-state index in [0.29, 0.717) is 27.5 Å². The van der Waals surface area contributed by atoms with Gasteiger partial charge in [-0.15, -0.1) is 11.8 Å². The third kappa shape index (κ3) is 7.85. The summed E-state index contributed by atoms with van der Waals surface area (Å²) in [6, 6.07) is 3.28. The number of halogens is 2. The topological polar surface area (TPSA) is 46.5 Å². The molecule has 0 radical (unpaired) electrons. The molecule has 0 aliphatic heterocycles. The molecule has 3 saturated carbocycles. The lowest BCUT2D eigenvalue weighted by molar-refractivity contribution is -0.122. The first-order valence-electron chi connectivity index (χ1n) is 11.8. The van der Waals surface area contributed by atoms with Gasteiger partial charge in [-0.05, 0) is 50.0 Å². The van der Waals surface area contributed by atoms with Crippen molar-refractivity contribution in [3.05, 3.63) is 23.0 Å². The first kappa shape index (κ1) is 26.3. The lowest BCUT2D eigenvalue weighted by Gasteiger charge is -2.45. The lowest BCUT2D eigenvalue weighted by Crippen LogP contribution is -2.37. The predicted octanol–water partition coefficient (Wildman–Crippen LogP) is 8.23. The molecule has 1 aromatic carbocycles. The number of carboxylic acid groups (broad SMARTS) is 1. The van der Waals surface area contributed by atoms with Crippen molar-refractivity contribution in [2.24, 2.45) is 17.3 Å². The normalized spacial score (nSPS) is 27.4. The van der Waals surface area contributed by atoms with Crippen molar-refractivity contribution in [1.29, 1.82) is 0 Å². The highest BCUT2D eigenvalue weighted by molar-refractivity contribution is 8.00. The second-order valence-electron chi connectivity index (χ2n) is 9.25. The molecule has 0 spiro atoms. The summed E-state index contributed by atoms with van der Waals surface area (Å²) in [5.74, 6) is 2.03. The minimum atomic E-state index is -0.250. The fraction of sp³-hybridized carbons (Fsp3) is 0.720. The summed E-state index contributed by atoms with van der Waals surface area (Å²) in [7, 11) is 0. The Bertz CT molecular complexity index is 682. The second-order valence-corrected chi connectivity index (χ2v) is 11.0. The van der Waals surface area contributed by atoms with Crippen molar-refractivity contribution in [2.75, 3.05) is 6.61 Å². The number of fused-ring (bicyclic) bond motifs is 2. The molecule has 31 heavy (non-hydrogen) atoms. The van der Waals surface area contributed by atoms with Gasteiger partial charge in [0.05, 0.1) is 11.6 Å². The summed E-state index contributed by atoms with van der Waals surface area (Å²) in [5.41, 5.74) is 0.199. The van der Waals surface area contributed by atoms with Gasteiger partial charge in [0.2, 0.25) is 0 Å². The van der Waals surface area contributed by atoms with Crippen molar-refractivity contribution in [2.45, 2.75) is 95.1 Å². The first-order valence-corrected chi connectivity index (χ1v) is 13.0. The van der Waals surface area contributed by atoms with Gasteiger partial charge in [0.15, 0.2) is 0 Å². The number of carbonyl (C=O) groups is 1. The highest BCUT2D eigenvalue weighted by Crippen LogP contribution is 2.49. The minimum Gasteiger partial charge on any atom is -0.491 e. The maximum atomic E-state index is 14.6. The van der Waals surface area contributed by atoms with Crippen LogP contribution in [0.25, 0.3) is 0 Å². The highest BCUT2D eigenvalue weighted by atomic mass is 35.5. The van der Waals surface area contributed by atoms with Gasteiger partial charge in [0, 0.05) is 21.6 Å². The number of thioether (sulfide) groups is 1. The molecule has 3 aliphatic rings. The van der Waals surface area contributed by atoms with Gasteiger partial charge in [-0.3, -0.25) is 4.79 Å². The summed E-state index contributed by atoms with van der Waals surface area (Å²) in [6.45, 7) is 6.74. The molecule has 1 N–H and O–H groups in total. The summed E-state index contributed by atoms with van der Waals surface area (Å²) < 4.78 is 20.6. The average Bonchev–Trinajstić information content (AvgIpc) is 3.24. The van der Waals surface area contributed by atoms with Crippen LogP contribution in [0.2, 0.25) is 5.02 Å². The van der Waals surface area contributed by atoms with Crippen LogP contribution in [0, 0.1) is 23.1 Å². The maximum absolute atomic E-state index is 14.6. The molecule has 3 aliphatic carbocycles. The molecular weight excluding hydrogens is 435 g/mol. The fourth-order valence-corrected chi connectivity index (χ4v) is 7.09. The monoisotopic (exact) mass is 472 g/mol. The largest absolute Gasteiger partial charge is 0.491 e. The molecule has 4 rings (SSSR count). The molecule has 3 atom stereocenters. The Kier molecular flexibility index (Phi) is 11.0. The zero-order valence-electron chi connectivity index (χ0n) is 19.2. The van der Waals surface area contributed by atoms with Crippen LogP contribution in [0.4, 0.5) is 4.39 Å². The van der Waals surface area contributed by atoms with E-state index in [2.05, 4.69) is 6.92 Å². The Morgan fingerprint density at radius 1 is 1.16 bits per heavy atom. The van der Waals surface area contributed by atoms with Gasteiger partial charge in [-0.1, -0.05) is 64.5 Å². The Hall–Kier alpha value is -0.940. The van der Waals surface area contributed by atoms with Crippen molar-refractivity contribution < 1.29 is 19.0 Å². The summed E-state index contributed by atoms with van der Waals surface area (Å²) >= 11 is 8.08. The molecule has 3 fully saturated rings. The van der Waals surface area contributed by atoms with Crippen LogP contribution in [0.3, 0.4) is 0 Å². The summed E-state index contributed by atoms with van der Waals surface area (Å²) in [5, 5.41) is 7.97. The van der Waals surface area contributed by atoms with E-state index >= 15 is 0 Å². The lowest BCUT2D eigenvalue weighted by atomic mass is 9.62. The quantitative estimate of drug-likeness (QED) is 0.438. The van der Waals surface area contributed by atoms with Gasteiger partial charge in [0.1, 0.15) is 11.6 Å². The molecule has 0 amide bonds. The van der Waals surface area contributed by atoms with E-state index in [0.717, 1.165) is 11.8 Å². The molecular formula is C25H38ClFO3S. The van der Waals surface area contributed by atoms with Crippen LogP contribution in [0.15, 0.2) is 17.0 Å². The average molecular weight is 473 g/mol. The Balaban J connectivity index is 0.000000630. The van der Waals surface area contributed by atoms with E-state index < -0.39 is 0 Å². The van der Waals surface area contributed by atoms with Crippen LogP contribution in [0.5, 0.6) is 5.75 Å². The van der Waals surface area contributed by atoms with Gasteiger partial charge in [0.25, 0.3) is 6.47 Å². The molecule has 176 valence electrons. The molecule has 0 saturated heterocycles. The molecule has 1 aromatic rings. The van der Waals surface area contributed by atoms with E-state index in [9.17, 15) is 4.39 Å². The fourth-order valence-electron chi connectivity index (χ4n) is 5.52. The van der Waals surface area contributed by atoms with E-state index in [4.69, 9.17) is 26.2 Å². The molecule has 6 heteroatoms. The van der Waals surface area contributed by atoms with E-state index in [1.807, 2.05) is 13.8 Å². The standard InChI is InChI=1S/C22H30ClFOS.C2H6.CH2O2/c1-22(12-15-5-4-6-16(9-15)13-22)14-25-20-11-19(24)21(10-18(20)23)26-17-7-2-3-8-17;1-2;2-1-3/h10-11,15-17H,2-9,12-14H2,1H3;1-2H3;1H,(H,2,3)/t15-,16+,22?;;. The molecule has 0 heterocycles. The van der Waals surface area contributed by atoms with Crippen LogP contribution >= 0.6 is 23.4 Å². The minimum absolute atomic E-state index is 0.188. The number of hydrogen-bond acceptors (Lipinski definition) is 3. The van der Waals surface area contributed by atoms with Gasteiger partial charge in [-0.25, -0.2) is 4.39 Å². The van der Waals surface area contributed by atoms with Crippen LogP contribution in [-0.2, 0) is 4.79 Å². The Labute approximate surface area is 196 Å². The number of ether oxygens (including phenoxy) is 1. The van der Waals surface area contributed by atoms with Crippen LogP contribution in [-0.4, -0.2) is 23.4 Å². The van der Waals surface area contributed by atoms with Crippen LogP contribution < -0.4 is 4.74 Å². The molecule has 3 nitrogen and oxygen atoms in total. The number of rotatable bonds is 5. The first-order chi connectivity index (χ1) is 14.9. The summed E-state index contributed by atoms with van der Waals surface area (Å²) in [6.07, 6.45) is 12.9. The van der Waals surface area contributed by atoms with Gasteiger partial charge in [-0.2, -0.15) is 0 Å². The third-order valence-corrected chi connectivity index (χ3v) is 8.28. The molecule has 0 aromatic heterocycles. The van der Waals surface area contributed by atoms with E-state index in [1.165, 1.54) is 70.3 Å². The zero-order valence-corrected chi connectivity index (χ0v) is 20.7. The Morgan fingerprint density at radius 2 is 1.74 bits per heavy atom. The van der Waals surface area contributed by atoms with Gasteiger partial charge < -0.3 is 9.84 Å².